The van der Waals surface area contributed by atoms with Crippen LogP contribution in [-0.4, -0.2) is 37.7 Å². The van der Waals surface area contributed by atoms with Crippen molar-refractivity contribution in [1.82, 2.24) is 4.90 Å². The zero-order valence-corrected chi connectivity index (χ0v) is 20.6. The fourth-order valence-corrected chi connectivity index (χ4v) is 6.34. The van der Waals surface area contributed by atoms with Crippen molar-refractivity contribution in [3.8, 4) is 11.5 Å². The minimum Gasteiger partial charge on any atom is -0.493 e. The van der Waals surface area contributed by atoms with Crippen LogP contribution in [0.2, 0.25) is 0 Å². The van der Waals surface area contributed by atoms with Crippen molar-refractivity contribution in [2.45, 2.75) is 56.4 Å². The molecule has 1 aliphatic carbocycles. The molecule has 34 heavy (non-hydrogen) atoms. The third-order valence-electron chi connectivity index (χ3n) is 8.17. The van der Waals surface area contributed by atoms with E-state index in [9.17, 15) is 0 Å². The Kier molecular flexibility index (Phi) is 6.92. The lowest BCUT2D eigenvalue weighted by molar-refractivity contribution is 0.0320. The topological polar surface area (TPSA) is 21.7 Å². The lowest BCUT2D eigenvalue weighted by atomic mass is 9.72. The van der Waals surface area contributed by atoms with E-state index < -0.39 is 0 Å². The maximum atomic E-state index is 5.64. The SMILES string of the molecule is COc1cc2c(cc1OC)CC1(CCCCN1CCC(c1ccccc1)c1ccccc1)CC2. The van der Waals surface area contributed by atoms with Crippen molar-refractivity contribution in [2.75, 3.05) is 27.3 Å². The van der Waals surface area contributed by atoms with Gasteiger partial charge in [-0.15, -0.1) is 0 Å². The predicted molar refractivity (Wildman–Crippen MR) is 139 cm³/mol. The molecule has 1 spiro atoms. The minimum atomic E-state index is 0.267. The number of piperidine rings is 1. The number of fused-ring (bicyclic) bond motifs is 1. The molecule has 0 radical (unpaired) electrons. The zero-order valence-electron chi connectivity index (χ0n) is 20.6. The third kappa shape index (κ3) is 4.59. The molecule has 0 bridgehead atoms. The molecule has 1 saturated heterocycles. The van der Waals surface area contributed by atoms with E-state index in [1.54, 1.807) is 14.2 Å². The van der Waals surface area contributed by atoms with Crippen molar-refractivity contribution in [3.05, 3.63) is 95.1 Å². The smallest absolute Gasteiger partial charge is 0.161 e. The highest BCUT2D eigenvalue weighted by atomic mass is 16.5. The molecule has 1 heterocycles. The van der Waals surface area contributed by atoms with Crippen molar-refractivity contribution in [2.24, 2.45) is 0 Å². The molecule has 3 aromatic rings. The van der Waals surface area contributed by atoms with Gasteiger partial charge in [0.15, 0.2) is 11.5 Å². The second kappa shape index (κ2) is 10.2. The average Bonchev–Trinajstić information content (AvgIpc) is 2.90. The van der Waals surface area contributed by atoms with E-state index >= 15 is 0 Å². The summed E-state index contributed by atoms with van der Waals surface area (Å²) >= 11 is 0. The quantitative estimate of drug-likeness (QED) is 0.399. The summed E-state index contributed by atoms with van der Waals surface area (Å²) in [5.41, 5.74) is 5.98. The molecule has 1 unspecified atom stereocenters. The Labute approximate surface area is 204 Å². The number of hydrogen-bond donors (Lipinski definition) is 0. The Hall–Kier alpha value is -2.78. The monoisotopic (exact) mass is 455 g/mol. The summed E-state index contributed by atoms with van der Waals surface area (Å²) in [5, 5.41) is 0. The summed E-state index contributed by atoms with van der Waals surface area (Å²) in [6, 6.07) is 26.5. The normalized spacial score (nSPS) is 20.3. The number of likely N-dealkylation sites (tertiary alicyclic amines) is 1. The van der Waals surface area contributed by atoms with E-state index in [4.69, 9.17) is 9.47 Å². The van der Waals surface area contributed by atoms with Gasteiger partial charge in [0.25, 0.3) is 0 Å². The molecule has 178 valence electrons. The van der Waals surface area contributed by atoms with Gasteiger partial charge < -0.3 is 9.47 Å². The molecule has 0 saturated carbocycles. The number of rotatable bonds is 7. The van der Waals surface area contributed by atoms with Gasteiger partial charge in [-0.3, -0.25) is 4.90 Å². The Bertz CT molecular complexity index is 1040. The molecule has 1 fully saturated rings. The lowest BCUT2D eigenvalue weighted by Crippen LogP contribution is -2.55. The summed E-state index contributed by atoms with van der Waals surface area (Å²) in [6.07, 6.45) is 8.55. The summed E-state index contributed by atoms with van der Waals surface area (Å²) in [4.78, 5) is 2.84. The first-order chi connectivity index (χ1) is 16.7. The average molecular weight is 456 g/mol. The van der Waals surface area contributed by atoms with Crippen LogP contribution in [-0.2, 0) is 12.8 Å². The van der Waals surface area contributed by atoms with Crippen molar-refractivity contribution in [1.29, 1.82) is 0 Å². The number of ether oxygens (including phenoxy) is 2. The molecule has 1 aliphatic heterocycles. The van der Waals surface area contributed by atoms with E-state index in [0.717, 1.165) is 37.3 Å². The molecular formula is C31H37NO2. The zero-order chi connectivity index (χ0) is 23.4. The first-order valence-electron chi connectivity index (χ1n) is 12.8. The lowest BCUT2D eigenvalue weighted by Gasteiger charge is -2.50. The maximum Gasteiger partial charge on any atom is 0.161 e. The molecule has 0 aromatic heterocycles. The molecule has 3 heteroatoms. The van der Waals surface area contributed by atoms with E-state index in [0.29, 0.717) is 5.92 Å². The highest BCUT2D eigenvalue weighted by molar-refractivity contribution is 5.49. The molecule has 2 aliphatic rings. The van der Waals surface area contributed by atoms with E-state index in [1.165, 1.54) is 54.5 Å². The molecule has 0 amide bonds. The predicted octanol–water partition coefficient (Wildman–Crippen LogP) is 6.64. The maximum absolute atomic E-state index is 5.64. The van der Waals surface area contributed by atoms with Gasteiger partial charge in [0, 0.05) is 11.5 Å². The fourth-order valence-electron chi connectivity index (χ4n) is 6.34. The highest BCUT2D eigenvalue weighted by Gasteiger charge is 2.41. The van der Waals surface area contributed by atoms with E-state index in [1.807, 2.05) is 0 Å². The first-order valence-corrected chi connectivity index (χ1v) is 12.8. The van der Waals surface area contributed by atoms with Crippen LogP contribution in [0.1, 0.15) is 60.3 Å². The first kappa shape index (κ1) is 23.0. The van der Waals surface area contributed by atoms with E-state index in [2.05, 4.69) is 77.7 Å². The molecule has 1 atom stereocenters. The van der Waals surface area contributed by atoms with Crippen LogP contribution in [0.15, 0.2) is 72.8 Å². The molecule has 0 N–H and O–H groups in total. The fraction of sp³-hybridized carbons (Fsp3) is 0.419. The van der Waals surface area contributed by atoms with Crippen LogP contribution in [0.5, 0.6) is 11.5 Å². The largest absolute Gasteiger partial charge is 0.493 e. The van der Waals surface area contributed by atoms with Crippen LogP contribution in [0.3, 0.4) is 0 Å². The molecule has 5 rings (SSSR count). The second-order valence-corrected chi connectivity index (χ2v) is 9.98. The van der Waals surface area contributed by atoms with Crippen LogP contribution in [0.25, 0.3) is 0 Å². The number of hydrogen-bond acceptors (Lipinski definition) is 3. The van der Waals surface area contributed by atoms with Crippen LogP contribution in [0, 0.1) is 0 Å². The van der Waals surface area contributed by atoms with Crippen LogP contribution < -0.4 is 9.47 Å². The Morgan fingerprint density at radius 2 is 1.41 bits per heavy atom. The summed E-state index contributed by atoms with van der Waals surface area (Å²) in [5.74, 6) is 2.14. The Morgan fingerprint density at radius 3 is 2.03 bits per heavy atom. The number of nitrogens with zero attached hydrogens (tertiary/aromatic N) is 1. The standard InChI is InChI=1S/C31H37NO2/c1-33-29-21-26-15-18-31(23-27(26)22-30(29)34-2)17-9-10-19-32(31)20-16-28(24-11-5-3-6-12-24)25-13-7-4-8-14-25/h3-8,11-14,21-22,28H,9-10,15-20,23H2,1-2H3. The van der Waals surface area contributed by atoms with Gasteiger partial charge in [-0.1, -0.05) is 67.1 Å². The third-order valence-corrected chi connectivity index (χ3v) is 8.17. The molecule has 3 nitrogen and oxygen atoms in total. The Morgan fingerprint density at radius 1 is 0.794 bits per heavy atom. The van der Waals surface area contributed by atoms with Crippen molar-refractivity contribution >= 4 is 0 Å². The van der Waals surface area contributed by atoms with Gasteiger partial charge in [-0.05, 0) is 86.0 Å². The van der Waals surface area contributed by atoms with Crippen molar-refractivity contribution in [3.63, 3.8) is 0 Å². The minimum absolute atomic E-state index is 0.267. The van der Waals surface area contributed by atoms with Crippen molar-refractivity contribution < 1.29 is 9.47 Å². The molecule has 3 aromatic carbocycles. The van der Waals surface area contributed by atoms with Gasteiger partial charge in [-0.25, -0.2) is 0 Å². The summed E-state index contributed by atoms with van der Waals surface area (Å²) in [6.45, 7) is 2.34. The van der Waals surface area contributed by atoms with Gasteiger partial charge in [0.1, 0.15) is 0 Å². The highest BCUT2D eigenvalue weighted by Crippen LogP contribution is 2.43. The van der Waals surface area contributed by atoms with Gasteiger partial charge in [0.05, 0.1) is 14.2 Å². The second-order valence-electron chi connectivity index (χ2n) is 9.98. The van der Waals surface area contributed by atoms with Gasteiger partial charge >= 0.3 is 0 Å². The Balaban J connectivity index is 1.39. The van der Waals surface area contributed by atoms with Gasteiger partial charge in [0.2, 0.25) is 0 Å². The van der Waals surface area contributed by atoms with Gasteiger partial charge in [-0.2, -0.15) is 0 Å². The number of benzene rings is 3. The summed E-state index contributed by atoms with van der Waals surface area (Å²) in [7, 11) is 3.47. The summed E-state index contributed by atoms with van der Waals surface area (Å²) < 4.78 is 11.2. The van der Waals surface area contributed by atoms with E-state index in [-0.39, 0.29) is 5.54 Å². The number of aryl methyl sites for hydroxylation is 1. The number of methoxy groups -OCH3 is 2. The van der Waals surface area contributed by atoms with Crippen LogP contribution in [0.4, 0.5) is 0 Å². The molecular weight excluding hydrogens is 418 g/mol. The van der Waals surface area contributed by atoms with Crippen LogP contribution >= 0.6 is 0 Å².